The summed E-state index contributed by atoms with van der Waals surface area (Å²) in [4.78, 5) is 12.4. The molecule has 5 nitrogen and oxygen atoms in total. The molecule has 0 saturated carbocycles. The molecule has 2 amide bonds. The van der Waals surface area contributed by atoms with Crippen LogP contribution in [0, 0.1) is 0 Å². The number of urea groups is 1. The van der Waals surface area contributed by atoms with Crippen molar-refractivity contribution in [3.05, 3.63) is 58.1 Å². The van der Waals surface area contributed by atoms with Gasteiger partial charge in [-0.2, -0.15) is 0 Å². The maximum absolute atomic E-state index is 12.2. The molecule has 134 valence electrons. The van der Waals surface area contributed by atoms with E-state index in [-0.39, 0.29) is 4.90 Å². The molecular weight excluding hydrogens is 383 g/mol. The lowest BCUT2D eigenvalue weighted by Gasteiger charge is -2.27. The van der Waals surface area contributed by atoms with Crippen molar-refractivity contribution >= 4 is 44.8 Å². The summed E-state index contributed by atoms with van der Waals surface area (Å²) < 4.78 is 22.9. The van der Waals surface area contributed by atoms with Crippen LogP contribution in [-0.4, -0.2) is 20.7 Å². The van der Waals surface area contributed by atoms with Crippen LogP contribution in [0.2, 0.25) is 10.0 Å². The lowest BCUT2D eigenvalue weighted by atomic mass is 9.94. The molecule has 0 radical (unpaired) electrons. The van der Waals surface area contributed by atoms with Crippen molar-refractivity contribution in [2.45, 2.75) is 24.3 Å². The van der Waals surface area contributed by atoms with Crippen LogP contribution < -0.4 is 10.6 Å². The number of anilines is 1. The monoisotopic (exact) mass is 400 g/mol. The molecule has 0 spiro atoms. The summed E-state index contributed by atoms with van der Waals surface area (Å²) in [7, 11) is -3.27. The van der Waals surface area contributed by atoms with Gasteiger partial charge >= 0.3 is 6.03 Å². The van der Waals surface area contributed by atoms with Crippen LogP contribution in [0.4, 0.5) is 10.5 Å². The average Bonchev–Trinajstić information content (AvgIpc) is 2.48. The molecular formula is C17H18Cl2N2O3S. The van der Waals surface area contributed by atoms with Crippen LogP contribution in [0.15, 0.2) is 47.4 Å². The van der Waals surface area contributed by atoms with Crippen LogP contribution in [0.5, 0.6) is 0 Å². The number of sulfone groups is 1. The van der Waals surface area contributed by atoms with Crippen LogP contribution in [-0.2, 0) is 15.4 Å². The van der Waals surface area contributed by atoms with Gasteiger partial charge in [-0.1, -0.05) is 29.3 Å². The highest BCUT2D eigenvalue weighted by Crippen LogP contribution is 2.28. The molecule has 2 aromatic carbocycles. The highest BCUT2D eigenvalue weighted by molar-refractivity contribution is 7.90. The Bertz CT molecular complexity index is 895. The molecule has 0 fully saturated rings. The number of halogens is 2. The quantitative estimate of drug-likeness (QED) is 0.795. The van der Waals surface area contributed by atoms with Gasteiger partial charge in [0.1, 0.15) is 0 Å². The van der Waals surface area contributed by atoms with Crippen molar-refractivity contribution in [3.63, 3.8) is 0 Å². The molecule has 2 aromatic rings. The maximum atomic E-state index is 12.2. The Labute approximate surface area is 157 Å². The van der Waals surface area contributed by atoms with E-state index in [1.807, 2.05) is 13.8 Å². The highest BCUT2D eigenvalue weighted by atomic mass is 35.5. The molecule has 0 atom stereocenters. The van der Waals surface area contributed by atoms with Crippen molar-refractivity contribution in [2.24, 2.45) is 0 Å². The summed E-state index contributed by atoms with van der Waals surface area (Å²) in [5.74, 6) is 0. The minimum atomic E-state index is -3.27. The van der Waals surface area contributed by atoms with E-state index in [0.717, 1.165) is 11.8 Å². The van der Waals surface area contributed by atoms with Crippen molar-refractivity contribution in [2.75, 3.05) is 11.6 Å². The van der Waals surface area contributed by atoms with Gasteiger partial charge in [0.25, 0.3) is 0 Å². The molecule has 8 heteroatoms. The molecule has 0 heterocycles. The first kappa shape index (κ1) is 19.6. The Morgan fingerprint density at radius 3 is 2.12 bits per heavy atom. The summed E-state index contributed by atoms with van der Waals surface area (Å²) >= 11 is 11.9. The Hall–Kier alpha value is -1.76. The number of hydrogen-bond acceptors (Lipinski definition) is 3. The smallest absolute Gasteiger partial charge is 0.319 e. The van der Waals surface area contributed by atoms with Gasteiger partial charge in [-0.3, -0.25) is 0 Å². The molecule has 0 aliphatic carbocycles. The van der Waals surface area contributed by atoms with Gasteiger partial charge in [0.05, 0.1) is 20.5 Å². The van der Waals surface area contributed by atoms with Gasteiger partial charge in [-0.25, -0.2) is 13.2 Å². The van der Waals surface area contributed by atoms with Crippen molar-refractivity contribution < 1.29 is 13.2 Å². The van der Waals surface area contributed by atoms with Crippen LogP contribution in [0.3, 0.4) is 0 Å². The van der Waals surface area contributed by atoms with E-state index in [2.05, 4.69) is 10.6 Å². The van der Waals surface area contributed by atoms with E-state index in [1.165, 1.54) is 24.3 Å². The lowest BCUT2D eigenvalue weighted by Crippen LogP contribution is -2.43. The van der Waals surface area contributed by atoms with Gasteiger partial charge in [-0.05, 0) is 55.8 Å². The zero-order chi connectivity index (χ0) is 18.8. The summed E-state index contributed by atoms with van der Waals surface area (Å²) in [6.07, 6.45) is 1.13. The van der Waals surface area contributed by atoms with Gasteiger partial charge in [0, 0.05) is 11.9 Å². The van der Waals surface area contributed by atoms with Crippen LogP contribution in [0.25, 0.3) is 0 Å². The second-order valence-corrected chi connectivity index (χ2v) is 8.96. The predicted molar refractivity (Wildman–Crippen MR) is 101 cm³/mol. The first-order chi connectivity index (χ1) is 11.5. The van der Waals surface area contributed by atoms with Crippen LogP contribution in [0.1, 0.15) is 19.4 Å². The Morgan fingerprint density at radius 2 is 1.60 bits per heavy atom. The number of hydrogen-bond donors (Lipinski definition) is 2. The Balaban J connectivity index is 2.09. The first-order valence-corrected chi connectivity index (χ1v) is 9.98. The zero-order valence-electron chi connectivity index (χ0n) is 13.9. The van der Waals surface area contributed by atoms with Gasteiger partial charge in [0.2, 0.25) is 0 Å². The number of rotatable bonds is 4. The minimum Gasteiger partial charge on any atom is -0.329 e. The standard InChI is InChI=1S/C17H18Cl2N2O3S/c1-17(2,11-4-9-14(18)15(19)10-11)21-16(22)20-12-5-7-13(8-6-12)25(3,23)24/h4-10H,1-3H3,(H2,20,21,22). The molecule has 25 heavy (non-hydrogen) atoms. The maximum Gasteiger partial charge on any atom is 0.319 e. The number of carbonyl (C=O) groups is 1. The molecule has 2 N–H and O–H groups in total. The van der Waals surface area contributed by atoms with E-state index in [9.17, 15) is 13.2 Å². The third kappa shape index (κ3) is 5.11. The molecule has 0 aliphatic rings. The normalized spacial score (nSPS) is 11.9. The lowest BCUT2D eigenvalue weighted by molar-refractivity contribution is 0.242. The second-order valence-electron chi connectivity index (χ2n) is 6.13. The van der Waals surface area contributed by atoms with E-state index in [4.69, 9.17) is 23.2 Å². The van der Waals surface area contributed by atoms with Gasteiger partial charge in [0.15, 0.2) is 9.84 Å². The predicted octanol–water partition coefficient (Wildman–Crippen LogP) is 4.45. The Morgan fingerprint density at radius 1 is 1.00 bits per heavy atom. The van der Waals surface area contributed by atoms with E-state index < -0.39 is 21.4 Å². The molecule has 0 saturated heterocycles. The molecule has 2 rings (SSSR count). The molecule has 0 unspecified atom stereocenters. The first-order valence-electron chi connectivity index (χ1n) is 7.34. The fraction of sp³-hybridized carbons (Fsp3) is 0.235. The van der Waals surface area contributed by atoms with Crippen molar-refractivity contribution in [1.29, 1.82) is 0 Å². The van der Waals surface area contributed by atoms with E-state index in [1.54, 1.807) is 18.2 Å². The van der Waals surface area contributed by atoms with E-state index >= 15 is 0 Å². The molecule has 0 bridgehead atoms. The largest absolute Gasteiger partial charge is 0.329 e. The summed E-state index contributed by atoms with van der Waals surface area (Å²) in [5.41, 5.74) is 0.588. The van der Waals surface area contributed by atoms with Crippen molar-refractivity contribution in [3.8, 4) is 0 Å². The third-order valence-electron chi connectivity index (χ3n) is 3.61. The van der Waals surface area contributed by atoms with Crippen LogP contribution >= 0.6 is 23.2 Å². The minimum absolute atomic E-state index is 0.189. The number of carbonyl (C=O) groups excluding carboxylic acids is 1. The van der Waals surface area contributed by atoms with Crippen molar-refractivity contribution in [1.82, 2.24) is 5.32 Å². The molecule has 0 aliphatic heterocycles. The number of benzene rings is 2. The van der Waals surface area contributed by atoms with Gasteiger partial charge < -0.3 is 10.6 Å². The average molecular weight is 401 g/mol. The summed E-state index contributed by atoms with van der Waals surface area (Å²) in [6.45, 7) is 3.66. The fourth-order valence-electron chi connectivity index (χ4n) is 2.19. The van der Waals surface area contributed by atoms with Gasteiger partial charge in [-0.15, -0.1) is 0 Å². The fourth-order valence-corrected chi connectivity index (χ4v) is 3.12. The number of amides is 2. The molecule has 0 aromatic heterocycles. The SMILES string of the molecule is CC(C)(NC(=O)Nc1ccc(S(C)(=O)=O)cc1)c1ccc(Cl)c(Cl)c1. The highest BCUT2D eigenvalue weighted by Gasteiger charge is 2.23. The zero-order valence-corrected chi connectivity index (χ0v) is 16.3. The summed E-state index contributed by atoms with van der Waals surface area (Å²) in [6, 6.07) is 10.7. The topological polar surface area (TPSA) is 75.3 Å². The number of nitrogens with one attached hydrogen (secondary N) is 2. The second kappa shape index (κ2) is 7.23. The summed E-state index contributed by atoms with van der Waals surface area (Å²) in [5, 5.41) is 6.36. The third-order valence-corrected chi connectivity index (χ3v) is 5.48. The Kier molecular flexibility index (Phi) is 5.66. The van der Waals surface area contributed by atoms with E-state index in [0.29, 0.717) is 15.7 Å².